The van der Waals surface area contributed by atoms with Crippen LogP contribution in [0.3, 0.4) is 0 Å². The van der Waals surface area contributed by atoms with Crippen LogP contribution in [0.2, 0.25) is 0 Å². The first-order valence-corrected chi connectivity index (χ1v) is 7.04. The SMILES string of the molecule is C=C1CC2COC(=O)C2(CC2CCCCC2)C1. The minimum absolute atomic E-state index is 0.0757. The molecule has 1 heterocycles. The van der Waals surface area contributed by atoms with Crippen molar-refractivity contribution in [3.8, 4) is 0 Å². The van der Waals surface area contributed by atoms with Crippen molar-refractivity contribution < 1.29 is 9.53 Å². The molecule has 3 rings (SSSR count). The highest BCUT2D eigenvalue weighted by Gasteiger charge is 2.56. The lowest BCUT2D eigenvalue weighted by Gasteiger charge is -2.31. The standard InChI is InChI=1S/C15H22O2/c1-11-7-13-10-17-14(16)15(13,8-11)9-12-5-3-2-4-6-12/h12-13H,1-10H2. The van der Waals surface area contributed by atoms with Gasteiger partial charge in [-0.1, -0.05) is 44.3 Å². The number of ether oxygens (including phenoxy) is 1. The summed E-state index contributed by atoms with van der Waals surface area (Å²) in [6, 6.07) is 0. The zero-order valence-electron chi connectivity index (χ0n) is 10.5. The van der Waals surface area contributed by atoms with E-state index >= 15 is 0 Å². The van der Waals surface area contributed by atoms with Crippen molar-refractivity contribution in [2.45, 2.75) is 51.4 Å². The highest BCUT2D eigenvalue weighted by molar-refractivity contribution is 5.80. The van der Waals surface area contributed by atoms with Crippen LogP contribution in [-0.4, -0.2) is 12.6 Å². The number of carbonyl (C=O) groups is 1. The zero-order chi connectivity index (χ0) is 11.9. The average molecular weight is 234 g/mol. The monoisotopic (exact) mass is 234 g/mol. The minimum Gasteiger partial charge on any atom is -0.465 e. The molecular weight excluding hydrogens is 212 g/mol. The van der Waals surface area contributed by atoms with E-state index in [4.69, 9.17) is 4.74 Å². The van der Waals surface area contributed by atoms with Gasteiger partial charge >= 0.3 is 5.97 Å². The lowest BCUT2D eigenvalue weighted by Crippen LogP contribution is -2.32. The molecule has 0 bridgehead atoms. The van der Waals surface area contributed by atoms with E-state index in [1.165, 1.54) is 37.7 Å². The second-order valence-electron chi connectivity index (χ2n) is 6.29. The molecule has 3 aliphatic rings. The summed E-state index contributed by atoms with van der Waals surface area (Å²) in [5.41, 5.74) is 1.10. The van der Waals surface area contributed by atoms with Crippen LogP contribution in [0.5, 0.6) is 0 Å². The Bertz CT molecular complexity index is 341. The molecule has 0 N–H and O–H groups in total. The summed E-state index contributed by atoms with van der Waals surface area (Å²) in [5.74, 6) is 1.26. The van der Waals surface area contributed by atoms with Gasteiger partial charge in [-0.05, 0) is 25.2 Å². The maximum atomic E-state index is 12.1. The Kier molecular flexibility index (Phi) is 2.76. The maximum absolute atomic E-state index is 12.1. The minimum atomic E-state index is -0.168. The van der Waals surface area contributed by atoms with Crippen molar-refractivity contribution in [1.82, 2.24) is 0 Å². The quantitative estimate of drug-likeness (QED) is 0.540. The molecule has 2 atom stereocenters. The number of esters is 1. The summed E-state index contributed by atoms with van der Waals surface area (Å²) in [7, 11) is 0. The van der Waals surface area contributed by atoms with Gasteiger partial charge in [0, 0.05) is 5.92 Å². The maximum Gasteiger partial charge on any atom is 0.312 e. The first-order chi connectivity index (χ1) is 8.21. The van der Waals surface area contributed by atoms with E-state index in [2.05, 4.69) is 6.58 Å². The fourth-order valence-electron chi connectivity index (χ4n) is 4.21. The molecule has 2 unspecified atom stereocenters. The molecule has 0 amide bonds. The molecule has 0 radical (unpaired) electrons. The number of fused-ring (bicyclic) bond motifs is 1. The van der Waals surface area contributed by atoms with Crippen molar-refractivity contribution in [3.05, 3.63) is 12.2 Å². The Labute approximate surface area is 103 Å². The normalized spacial score (nSPS) is 38.2. The third-order valence-corrected chi connectivity index (χ3v) is 5.08. The molecule has 2 heteroatoms. The molecule has 0 aromatic carbocycles. The van der Waals surface area contributed by atoms with Crippen LogP contribution < -0.4 is 0 Å². The smallest absolute Gasteiger partial charge is 0.312 e. The van der Waals surface area contributed by atoms with Crippen molar-refractivity contribution in [3.63, 3.8) is 0 Å². The van der Waals surface area contributed by atoms with Crippen LogP contribution in [0.15, 0.2) is 12.2 Å². The molecule has 0 spiro atoms. The second-order valence-corrected chi connectivity index (χ2v) is 6.29. The van der Waals surface area contributed by atoms with E-state index in [0.29, 0.717) is 12.5 Å². The van der Waals surface area contributed by atoms with Gasteiger partial charge in [-0.3, -0.25) is 4.79 Å². The van der Waals surface area contributed by atoms with Gasteiger partial charge in [0.15, 0.2) is 0 Å². The highest BCUT2D eigenvalue weighted by Crippen LogP contribution is 2.55. The van der Waals surface area contributed by atoms with Crippen molar-refractivity contribution >= 4 is 5.97 Å². The Balaban J connectivity index is 1.77. The third-order valence-electron chi connectivity index (χ3n) is 5.08. The van der Waals surface area contributed by atoms with Crippen LogP contribution in [0.4, 0.5) is 0 Å². The van der Waals surface area contributed by atoms with Crippen molar-refractivity contribution in [1.29, 1.82) is 0 Å². The highest BCUT2D eigenvalue weighted by atomic mass is 16.5. The van der Waals surface area contributed by atoms with Crippen LogP contribution in [-0.2, 0) is 9.53 Å². The van der Waals surface area contributed by atoms with Gasteiger partial charge in [0.25, 0.3) is 0 Å². The largest absolute Gasteiger partial charge is 0.465 e. The van der Waals surface area contributed by atoms with Gasteiger partial charge in [-0.25, -0.2) is 0 Å². The zero-order valence-corrected chi connectivity index (χ0v) is 10.5. The second kappa shape index (κ2) is 4.15. The van der Waals surface area contributed by atoms with Crippen LogP contribution in [0.1, 0.15) is 51.4 Å². The first-order valence-electron chi connectivity index (χ1n) is 7.04. The fraction of sp³-hybridized carbons (Fsp3) is 0.800. The van der Waals surface area contributed by atoms with Crippen molar-refractivity contribution in [2.24, 2.45) is 17.3 Å². The number of hydrogen-bond donors (Lipinski definition) is 0. The molecule has 0 aromatic rings. The predicted molar refractivity (Wildman–Crippen MR) is 66.4 cm³/mol. The van der Waals surface area contributed by atoms with E-state index in [9.17, 15) is 4.79 Å². The molecular formula is C15H22O2. The van der Waals surface area contributed by atoms with E-state index in [-0.39, 0.29) is 11.4 Å². The fourth-order valence-corrected chi connectivity index (χ4v) is 4.21. The Morgan fingerprint density at radius 1 is 1.29 bits per heavy atom. The molecule has 3 fully saturated rings. The Morgan fingerprint density at radius 2 is 2.06 bits per heavy atom. The summed E-state index contributed by atoms with van der Waals surface area (Å²) in [6.45, 7) is 4.74. The molecule has 1 aliphatic heterocycles. The summed E-state index contributed by atoms with van der Waals surface area (Å²) in [4.78, 5) is 12.1. The molecule has 0 aromatic heterocycles. The lowest BCUT2D eigenvalue weighted by atomic mass is 9.70. The van der Waals surface area contributed by atoms with Gasteiger partial charge in [0.05, 0.1) is 12.0 Å². The third kappa shape index (κ3) is 1.82. The Morgan fingerprint density at radius 3 is 2.82 bits per heavy atom. The van der Waals surface area contributed by atoms with Gasteiger partial charge in [-0.2, -0.15) is 0 Å². The summed E-state index contributed by atoms with van der Waals surface area (Å²) >= 11 is 0. The van der Waals surface area contributed by atoms with Gasteiger partial charge in [0.2, 0.25) is 0 Å². The lowest BCUT2D eigenvalue weighted by molar-refractivity contribution is -0.147. The van der Waals surface area contributed by atoms with E-state index in [1.807, 2.05) is 0 Å². The van der Waals surface area contributed by atoms with E-state index in [1.54, 1.807) is 0 Å². The predicted octanol–water partition coefficient (Wildman–Crippen LogP) is 3.47. The summed E-state index contributed by atoms with van der Waals surface area (Å²) in [5, 5.41) is 0. The molecule has 17 heavy (non-hydrogen) atoms. The summed E-state index contributed by atoms with van der Waals surface area (Å²) in [6.07, 6.45) is 9.68. The number of cyclic esters (lactones) is 1. The molecule has 94 valence electrons. The van der Waals surface area contributed by atoms with Crippen LogP contribution in [0, 0.1) is 17.3 Å². The molecule has 1 saturated heterocycles. The Hall–Kier alpha value is -0.790. The first kappa shape index (κ1) is 11.3. The average Bonchev–Trinajstić information content (AvgIpc) is 2.77. The van der Waals surface area contributed by atoms with E-state index < -0.39 is 0 Å². The number of carbonyl (C=O) groups excluding carboxylic acids is 1. The molecule has 2 aliphatic carbocycles. The van der Waals surface area contributed by atoms with Crippen molar-refractivity contribution in [2.75, 3.05) is 6.61 Å². The van der Waals surface area contributed by atoms with Gasteiger partial charge in [-0.15, -0.1) is 0 Å². The van der Waals surface area contributed by atoms with Crippen LogP contribution >= 0.6 is 0 Å². The summed E-state index contributed by atoms with van der Waals surface area (Å²) < 4.78 is 5.33. The number of hydrogen-bond acceptors (Lipinski definition) is 2. The van der Waals surface area contributed by atoms with Crippen LogP contribution in [0.25, 0.3) is 0 Å². The topological polar surface area (TPSA) is 26.3 Å². The van der Waals surface area contributed by atoms with Gasteiger partial charge in [0.1, 0.15) is 0 Å². The number of rotatable bonds is 2. The molecule has 2 nitrogen and oxygen atoms in total. The van der Waals surface area contributed by atoms with Gasteiger partial charge < -0.3 is 4.74 Å². The molecule has 2 saturated carbocycles. The van der Waals surface area contributed by atoms with E-state index in [0.717, 1.165) is 25.2 Å². The number of allylic oxidation sites excluding steroid dienone is 1.